The van der Waals surface area contributed by atoms with Gasteiger partial charge in [0.1, 0.15) is 11.5 Å². The largest absolute Gasteiger partial charge is 0.508 e. The first-order valence-electron chi connectivity index (χ1n) is 7.03. The van der Waals surface area contributed by atoms with Crippen LogP contribution in [0.5, 0.6) is 11.5 Å². The molecular weight excluding hydrogens is 274 g/mol. The first-order chi connectivity index (χ1) is 9.97. The zero-order chi connectivity index (χ0) is 15.4. The minimum absolute atomic E-state index is 0.0275. The summed E-state index contributed by atoms with van der Waals surface area (Å²) in [4.78, 5) is 24.9. The summed E-state index contributed by atoms with van der Waals surface area (Å²) < 4.78 is 0. The molecule has 1 atom stereocenters. The maximum absolute atomic E-state index is 12.5. The van der Waals surface area contributed by atoms with Gasteiger partial charge in [-0.15, -0.1) is 0 Å². The third-order valence-electron chi connectivity index (χ3n) is 3.73. The number of carboxylic acids is 1. The molecule has 1 fully saturated rings. The van der Waals surface area contributed by atoms with E-state index in [1.807, 2.05) is 0 Å². The molecule has 21 heavy (non-hydrogen) atoms. The van der Waals surface area contributed by atoms with Crippen LogP contribution in [0, 0.1) is 0 Å². The minimum atomic E-state index is -0.872. The summed E-state index contributed by atoms with van der Waals surface area (Å²) in [5, 5.41) is 27.7. The monoisotopic (exact) mass is 293 g/mol. The summed E-state index contributed by atoms with van der Waals surface area (Å²) in [5.41, 5.74) is 0.217. The molecule has 1 saturated heterocycles. The molecule has 1 amide bonds. The molecule has 1 unspecified atom stereocenters. The molecule has 1 aliphatic rings. The number of phenolic OH excluding ortho intramolecular Hbond substituents is 2. The summed E-state index contributed by atoms with van der Waals surface area (Å²) >= 11 is 0. The van der Waals surface area contributed by atoms with Gasteiger partial charge in [-0.1, -0.05) is 0 Å². The Hall–Kier alpha value is -2.24. The fourth-order valence-electron chi connectivity index (χ4n) is 2.74. The summed E-state index contributed by atoms with van der Waals surface area (Å²) in [6.45, 7) is 0.569. The van der Waals surface area contributed by atoms with Crippen molar-refractivity contribution >= 4 is 11.9 Å². The van der Waals surface area contributed by atoms with Crippen LogP contribution in [-0.2, 0) is 4.79 Å². The molecule has 0 bridgehead atoms. The number of carboxylic acid groups (broad SMARTS) is 1. The average molecular weight is 293 g/mol. The van der Waals surface area contributed by atoms with Gasteiger partial charge in [0.25, 0.3) is 5.91 Å². The molecule has 0 aromatic heterocycles. The van der Waals surface area contributed by atoms with E-state index in [9.17, 15) is 19.8 Å². The number of carbonyl (C=O) groups is 2. The summed E-state index contributed by atoms with van der Waals surface area (Å²) in [7, 11) is 0. The highest BCUT2D eigenvalue weighted by Gasteiger charge is 2.28. The zero-order valence-corrected chi connectivity index (χ0v) is 11.7. The van der Waals surface area contributed by atoms with Crippen molar-refractivity contribution in [3.05, 3.63) is 23.8 Å². The van der Waals surface area contributed by atoms with Gasteiger partial charge in [0.2, 0.25) is 0 Å². The number of rotatable bonds is 4. The first kappa shape index (κ1) is 15.2. The molecule has 0 saturated carbocycles. The fraction of sp³-hybridized carbons (Fsp3) is 0.467. The normalized spacial score (nSPS) is 18.5. The second kappa shape index (κ2) is 6.47. The number of piperidine rings is 1. The quantitative estimate of drug-likeness (QED) is 0.788. The van der Waals surface area contributed by atoms with E-state index in [2.05, 4.69) is 0 Å². The first-order valence-corrected chi connectivity index (χ1v) is 7.03. The predicted molar refractivity (Wildman–Crippen MR) is 75.3 cm³/mol. The van der Waals surface area contributed by atoms with Crippen LogP contribution < -0.4 is 0 Å². The number of aromatic hydroxyl groups is 2. The molecule has 0 radical (unpaired) electrons. The third kappa shape index (κ3) is 3.87. The number of likely N-dealkylation sites (tertiary alicyclic amines) is 1. The van der Waals surface area contributed by atoms with Crippen LogP contribution in [0.15, 0.2) is 18.2 Å². The lowest BCUT2D eigenvalue weighted by Gasteiger charge is -2.35. The van der Waals surface area contributed by atoms with Crippen LogP contribution in [0.2, 0.25) is 0 Å². The SMILES string of the molecule is O=C(O)CCC1CCCCN1C(=O)c1cc(O)cc(O)c1. The minimum Gasteiger partial charge on any atom is -0.508 e. The molecule has 1 aromatic rings. The predicted octanol–water partition coefficient (Wildman–Crippen LogP) is 1.96. The van der Waals surface area contributed by atoms with E-state index < -0.39 is 5.97 Å². The number of carbonyl (C=O) groups excluding carboxylic acids is 1. The Morgan fingerprint density at radius 1 is 1.14 bits per heavy atom. The molecule has 3 N–H and O–H groups in total. The molecule has 0 aliphatic carbocycles. The summed E-state index contributed by atoms with van der Waals surface area (Å²) in [6, 6.07) is 3.68. The van der Waals surface area contributed by atoms with E-state index in [1.165, 1.54) is 12.1 Å². The molecule has 6 heteroatoms. The van der Waals surface area contributed by atoms with Gasteiger partial charge in [-0.2, -0.15) is 0 Å². The van der Waals surface area contributed by atoms with Crippen LogP contribution >= 0.6 is 0 Å². The number of phenols is 2. The lowest BCUT2D eigenvalue weighted by molar-refractivity contribution is -0.137. The van der Waals surface area contributed by atoms with Gasteiger partial charge in [0.05, 0.1) is 0 Å². The Balaban J connectivity index is 2.15. The van der Waals surface area contributed by atoms with Crippen molar-refractivity contribution in [2.24, 2.45) is 0 Å². The van der Waals surface area contributed by atoms with Crippen molar-refractivity contribution < 1.29 is 24.9 Å². The van der Waals surface area contributed by atoms with Crippen molar-refractivity contribution in [1.82, 2.24) is 4.90 Å². The van der Waals surface area contributed by atoms with Crippen molar-refractivity contribution in [2.75, 3.05) is 6.54 Å². The molecule has 1 aliphatic heterocycles. The second-order valence-electron chi connectivity index (χ2n) is 5.32. The molecule has 6 nitrogen and oxygen atoms in total. The number of hydrogen-bond donors (Lipinski definition) is 3. The van der Waals surface area contributed by atoms with Crippen molar-refractivity contribution in [1.29, 1.82) is 0 Å². The number of nitrogens with zero attached hydrogens (tertiary/aromatic N) is 1. The van der Waals surface area contributed by atoms with Crippen molar-refractivity contribution in [2.45, 2.75) is 38.1 Å². The Bertz CT molecular complexity index is 523. The number of benzene rings is 1. The Labute approximate surface area is 122 Å². The zero-order valence-electron chi connectivity index (χ0n) is 11.7. The standard InChI is InChI=1S/C15H19NO5/c17-12-7-10(8-13(18)9-12)15(21)16-6-2-1-3-11(16)4-5-14(19)20/h7-9,11,17-18H,1-6H2,(H,19,20). The molecule has 1 aromatic carbocycles. The maximum atomic E-state index is 12.5. The number of hydrogen-bond acceptors (Lipinski definition) is 4. The van der Waals surface area contributed by atoms with Crippen molar-refractivity contribution in [3.8, 4) is 11.5 Å². The lowest BCUT2D eigenvalue weighted by atomic mass is 9.97. The highest BCUT2D eigenvalue weighted by atomic mass is 16.4. The second-order valence-corrected chi connectivity index (χ2v) is 5.32. The van der Waals surface area contributed by atoms with Crippen LogP contribution in [0.4, 0.5) is 0 Å². The highest BCUT2D eigenvalue weighted by Crippen LogP contribution is 2.26. The smallest absolute Gasteiger partial charge is 0.303 e. The number of aliphatic carboxylic acids is 1. The topological polar surface area (TPSA) is 98.1 Å². The van der Waals surface area contributed by atoms with Crippen LogP contribution in [0.25, 0.3) is 0 Å². The van der Waals surface area contributed by atoms with Gasteiger partial charge >= 0.3 is 5.97 Å². The molecule has 2 rings (SSSR count). The van der Waals surface area contributed by atoms with E-state index in [1.54, 1.807) is 4.90 Å². The Kier molecular flexibility index (Phi) is 4.67. The van der Waals surface area contributed by atoms with E-state index >= 15 is 0 Å². The number of amides is 1. The van der Waals surface area contributed by atoms with Crippen molar-refractivity contribution in [3.63, 3.8) is 0 Å². The van der Waals surface area contributed by atoms with Gasteiger partial charge in [-0.05, 0) is 37.8 Å². The van der Waals surface area contributed by atoms with Gasteiger partial charge in [-0.25, -0.2) is 0 Å². The fourth-order valence-corrected chi connectivity index (χ4v) is 2.74. The molecular formula is C15H19NO5. The van der Waals surface area contributed by atoms with Crippen LogP contribution in [-0.4, -0.2) is 44.7 Å². The third-order valence-corrected chi connectivity index (χ3v) is 3.73. The van der Waals surface area contributed by atoms with Crippen LogP contribution in [0.3, 0.4) is 0 Å². The van der Waals surface area contributed by atoms with E-state index in [0.29, 0.717) is 13.0 Å². The van der Waals surface area contributed by atoms with Crippen LogP contribution in [0.1, 0.15) is 42.5 Å². The Morgan fingerprint density at radius 3 is 2.43 bits per heavy atom. The van der Waals surface area contributed by atoms with E-state index in [4.69, 9.17) is 5.11 Å². The van der Waals surface area contributed by atoms with E-state index in [-0.39, 0.29) is 35.4 Å². The maximum Gasteiger partial charge on any atom is 0.303 e. The summed E-state index contributed by atoms with van der Waals surface area (Å²) in [6.07, 6.45) is 3.08. The molecule has 1 heterocycles. The van der Waals surface area contributed by atoms with Gasteiger partial charge in [0.15, 0.2) is 0 Å². The Morgan fingerprint density at radius 2 is 1.81 bits per heavy atom. The lowest BCUT2D eigenvalue weighted by Crippen LogP contribution is -2.43. The molecule has 114 valence electrons. The highest BCUT2D eigenvalue weighted by molar-refractivity contribution is 5.95. The van der Waals surface area contributed by atoms with Gasteiger partial charge < -0.3 is 20.2 Å². The summed E-state index contributed by atoms with van der Waals surface area (Å²) in [5.74, 6) is -1.49. The molecule has 0 spiro atoms. The van der Waals surface area contributed by atoms with E-state index in [0.717, 1.165) is 25.3 Å². The average Bonchev–Trinajstić information content (AvgIpc) is 2.43. The van der Waals surface area contributed by atoms with Gasteiger partial charge in [-0.3, -0.25) is 9.59 Å². The van der Waals surface area contributed by atoms with Gasteiger partial charge in [0, 0.05) is 30.6 Å².